The summed E-state index contributed by atoms with van der Waals surface area (Å²) in [6.45, 7) is 0.868. The Morgan fingerprint density at radius 2 is 1.97 bits per heavy atom. The van der Waals surface area contributed by atoms with Gasteiger partial charge in [-0.15, -0.1) is 5.48 Å². The first-order chi connectivity index (χ1) is 15.4. The average Bonchev–Trinajstić information content (AvgIpc) is 3.21. The van der Waals surface area contributed by atoms with Crippen LogP contribution in [-0.2, 0) is 4.84 Å². The third-order valence-electron chi connectivity index (χ3n) is 4.56. The minimum atomic E-state index is -0.317. The van der Waals surface area contributed by atoms with Crippen molar-refractivity contribution < 1.29 is 14.3 Å². The van der Waals surface area contributed by atoms with Crippen LogP contribution in [0.25, 0.3) is 10.9 Å². The van der Waals surface area contributed by atoms with Crippen molar-refractivity contribution in [3.8, 4) is 11.5 Å². The van der Waals surface area contributed by atoms with E-state index in [9.17, 15) is 0 Å². The summed E-state index contributed by atoms with van der Waals surface area (Å²) in [7, 11) is 5.47. The van der Waals surface area contributed by atoms with Gasteiger partial charge in [0.05, 0.1) is 29.2 Å². The van der Waals surface area contributed by atoms with Gasteiger partial charge in [-0.1, -0.05) is 23.2 Å². The van der Waals surface area contributed by atoms with Gasteiger partial charge in [0.2, 0.25) is 5.90 Å². The number of methoxy groups -OCH3 is 1. The normalized spacial score (nSPS) is 15.6. The van der Waals surface area contributed by atoms with E-state index in [1.807, 2.05) is 31.1 Å². The molecule has 0 saturated heterocycles. The van der Waals surface area contributed by atoms with Crippen LogP contribution in [0.5, 0.6) is 11.5 Å². The maximum Gasteiger partial charge on any atom is 0.225 e. The van der Waals surface area contributed by atoms with Gasteiger partial charge < -0.3 is 24.5 Å². The number of hydrogen-bond acceptors (Lipinski definition) is 9. The second kappa shape index (κ2) is 9.74. The fraction of sp³-hybridized carbons (Fsp3) is 0.286. The summed E-state index contributed by atoms with van der Waals surface area (Å²) >= 11 is 12.1. The second-order valence-corrected chi connectivity index (χ2v) is 8.12. The van der Waals surface area contributed by atoms with E-state index in [-0.39, 0.29) is 12.8 Å². The van der Waals surface area contributed by atoms with Crippen molar-refractivity contribution in [3.05, 3.63) is 46.7 Å². The molecule has 1 unspecified atom stereocenters. The van der Waals surface area contributed by atoms with Crippen LogP contribution in [0.1, 0.15) is 0 Å². The molecule has 0 bridgehead atoms. The molecule has 1 aliphatic heterocycles. The molecule has 2 aromatic carbocycles. The SMILES string of the molecule is COc1cc2c(Nc3ccc(Cl)c(Cl)c3)ncnc2cc1OCC1N=C(CN(C)C)ON1. The molecule has 0 fully saturated rings. The summed E-state index contributed by atoms with van der Waals surface area (Å²) in [5.41, 5.74) is 4.28. The van der Waals surface area contributed by atoms with E-state index in [4.69, 9.17) is 37.5 Å². The van der Waals surface area contributed by atoms with Gasteiger partial charge in [0.25, 0.3) is 0 Å². The molecule has 11 heteroatoms. The Balaban J connectivity index is 1.55. The van der Waals surface area contributed by atoms with Crippen molar-refractivity contribution in [2.24, 2.45) is 4.99 Å². The molecule has 4 rings (SSSR count). The maximum atomic E-state index is 6.12. The molecule has 3 aromatic rings. The van der Waals surface area contributed by atoms with Gasteiger partial charge in [-0.3, -0.25) is 0 Å². The van der Waals surface area contributed by atoms with Gasteiger partial charge in [-0.25, -0.2) is 15.0 Å². The molecule has 0 radical (unpaired) electrons. The van der Waals surface area contributed by atoms with Crippen LogP contribution in [0.15, 0.2) is 41.7 Å². The smallest absolute Gasteiger partial charge is 0.225 e. The van der Waals surface area contributed by atoms with E-state index in [1.165, 1.54) is 6.33 Å². The largest absolute Gasteiger partial charge is 0.493 e. The van der Waals surface area contributed by atoms with Crippen molar-refractivity contribution in [2.75, 3.05) is 39.7 Å². The zero-order valence-electron chi connectivity index (χ0n) is 17.7. The highest BCUT2D eigenvalue weighted by molar-refractivity contribution is 6.42. The Morgan fingerprint density at radius 3 is 2.72 bits per heavy atom. The highest BCUT2D eigenvalue weighted by Crippen LogP contribution is 2.35. The molecule has 0 spiro atoms. The first-order valence-electron chi connectivity index (χ1n) is 9.74. The van der Waals surface area contributed by atoms with Gasteiger partial charge >= 0.3 is 0 Å². The van der Waals surface area contributed by atoms with Crippen LogP contribution in [0.4, 0.5) is 11.5 Å². The maximum absolute atomic E-state index is 6.12. The Labute approximate surface area is 195 Å². The fourth-order valence-corrected chi connectivity index (χ4v) is 3.39. The lowest BCUT2D eigenvalue weighted by atomic mass is 10.2. The third kappa shape index (κ3) is 5.13. The first-order valence-corrected chi connectivity index (χ1v) is 10.5. The predicted molar refractivity (Wildman–Crippen MR) is 125 cm³/mol. The minimum absolute atomic E-state index is 0.262. The lowest BCUT2D eigenvalue weighted by Crippen LogP contribution is -2.28. The van der Waals surface area contributed by atoms with Crippen LogP contribution in [0.2, 0.25) is 10.0 Å². The molecule has 168 valence electrons. The first kappa shape index (κ1) is 22.3. The van der Waals surface area contributed by atoms with E-state index in [1.54, 1.807) is 25.3 Å². The number of benzene rings is 2. The van der Waals surface area contributed by atoms with Gasteiger partial charge in [-0.2, -0.15) is 0 Å². The van der Waals surface area contributed by atoms with E-state index in [2.05, 4.69) is 25.8 Å². The van der Waals surface area contributed by atoms with Crippen LogP contribution < -0.4 is 20.3 Å². The van der Waals surface area contributed by atoms with Crippen LogP contribution in [0.3, 0.4) is 0 Å². The lowest BCUT2D eigenvalue weighted by molar-refractivity contribution is 0.139. The predicted octanol–water partition coefficient (Wildman–Crippen LogP) is 3.89. The summed E-state index contributed by atoms with van der Waals surface area (Å²) in [5, 5.41) is 4.93. The number of aromatic nitrogens is 2. The molecule has 0 saturated carbocycles. The van der Waals surface area contributed by atoms with E-state index < -0.39 is 0 Å². The van der Waals surface area contributed by atoms with Crippen molar-refractivity contribution in [1.82, 2.24) is 20.3 Å². The number of likely N-dealkylation sites (N-methyl/N-ethyl adjacent to an activating group) is 1. The summed E-state index contributed by atoms with van der Waals surface area (Å²) < 4.78 is 11.5. The topological polar surface area (TPSA) is 93.1 Å². The number of halogens is 2. The molecular weight excluding hydrogens is 455 g/mol. The van der Waals surface area contributed by atoms with Gasteiger partial charge in [-0.05, 0) is 38.4 Å². The highest BCUT2D eigenvalue weighted by atomic mass is 35.5. The van der Waals surface area contributed by atoms with Crippen LogP contribution >= 0.6 is 23.2 Å². The molecule has 0 amide bonds. The quantitative estimate of drug-likeness (QED) is 0.505. The number of rotatable bonds is 8. The molecule has 0 aliphatic carbocycles. The number of aliphatic imine (C=N–C) groups is 1. The van der Waals surface area contributed by atoms with Crippen LogP contribution in [0, 0.1) is 0 Å². The van der Waals surface area contributed by atoms with Crippen molar-refractivity contribution in [3.63, 3.8) is 0 Å². The number of hydroxylamine groups is 1. The standard InChI is InChI=1S/C21H22Cl2N6O3/c1-29(2)9-20-27-19(28-32-20)10-31-18-8-16-13(7-17(18)30-3)21(25-11-24-16)26-12-4-5-14(22)15(23)6-12/h4-8,11,19,28H,9-10H2,1-3H3,(H,24,25,26). The van der Waals surface area contributed by atoms with Crippen molar-refractivity contribution in [1.29, 1.82) is 0 Å². The number of fused-ring (bicyclic) bond motifs is 1. The van der Waals surface area contributed by atoms with Gasteiger partial charge in [0.15, 0.2) is 17.7 Å². The molecular formula is C21H22Cl2N6O3. The molecule has 1 atom stereocenters. The summed E-state index contributed by atoms with van der Waals surface area (Å²) in [4.78, 5) is 20.5. The van der Waals surface area contributed by atoms with Crippen LogP contribution in [-0.4, -0.2) is 61.3 Å². The van der Waals surface area contributed by atoms with Gasteiger partial charge in [0, 0.05) is 17.1 Å². The van der Waals surface area contributed by atoms with E-state index in [0.29, 0.717) is 45.3 Å². The Kier molecular flexibility index (Phi) is 6.80. The number of anilines is 2. The zero-order chi connectivity index (χ0) is 22.7. The average molecular weight is 477 g/mol. The Bertz CT molecular complexity index is 1160. The third-order valence-corrected chi connectivity index (χ3v) is 5.30. The monoisotopic (exact) mass is 476 g/mol. The Hall–Kier alpha value is -2.85. The molecule has 1 aliphatic rings. The molecule has 9 nitrogen and oxygen atoms in total. The second-order valence-electron chi connectivity index (χ2n) is 7.30. The minimum Gasteiger partial charge on any atom is -0.493 e. The van der Waals surface area contributed by atoms with Gasteiger partial charge in [0.1, 0.15) is 18.8 Å². The van der Waals surface area contributed by atoms with Crippen molar-refractivity contribution >= 4 is 51.5 Å². The zero-order valence-corrected chi connectivity index (χ0v) is 19.2. The number of hydrogen-bond donors (Lipinski definition) is 2. The summed E-state index contributed by atoms with van der Waals surface area (Å²) in [6.07, 6.45) is 1.16. The van der Waals surface area contributed by atoms with E-state index >= 15 is 0 Å². The van der Waals surface area contributed by atoms with Crippen molar-refractivity contribution in [2.45, 2.75) is 6.17 Å². The summed E-state index contributed by atoms with van der Waals surface area (Å²) in [6, 6.07) is 8.89. The molecule has 32 heavy (non-hydrogen) atoms. The Morgan fingerprint density at radius 1 is 1.12 bits per heavy atom. The number of nitrogens with one attached hydrogen (secondary N) is 2. The number of ether oxygens (including phenoxy) is 2. The van der Waals surface area contributed by atoms with E-state index in [0.717, 1.165) is 11.1 Å². The summed E-state index contributed by atoms with van der Waals surface area (Å²) in [5.74, 6) is 2.29. The molecule has 2 N–H and O–H groups in total. The number of nitrogens with zero attached hydrogens (tertiary/aromatic N) is 4. The molecule has 1 aromatic heterocycles. The highest BCUT2D eigenvalue weighted by Gasteiger charge is 2.20. The fourth-order valence-electron chi connectivity index (χ4n) is 3.09. The molecule has 2 heterocycles. The lowest BCUT2D eigenvalue weighted by Gasteiger charge is -2.15.